The third-order valence-corrected chi connectivity index (χ3v) is 3.80. The highest BCUT2D eigenvalue weighted by Gasteiger charge is 2.13. The number of nitrogens with zero attached hydrogens (tertiary/aromatic N) is 1. The third kappa shape index (κ3) is 4.72. The van der Waals surface area contributed by atoms with Crippen molar-refractivity contribution in [1.82, 2.24) is 0 Å². The van der Waals surface area contributed by atoms with Crippen molar-refractivity contribution < 1.29 is 18.9 Å². The number of furan rings is 1. The van der Waals surface area contributed by atoms with E-state index in [0.29, 0.717) is 11.4 Å². The first-order valence-corrected chi connectivity index (χ1v) is 8.26. The number of aryl methyl sites for hydroxylation is 2. The highest BCUT2D eigenvalue weighted by molar-refractivity contribution is 6.02. The minimum atomic E-state index is -0.500. The zero-order valence-electron chi connectivity index (χ0n) is 14.9. The molecule has 0 aliphatic rings. The van der Waals surface area contributed by atoms with E-state index < -0.39 is 10.8 Å². The first-order chi connectivity index (χ1) is 12.9. The van der Waals surface area contributed by atoms with Crippen LogP contribution in [-0.2, 0) is 6.61 Å². The molecule has 0 aliphatic carbocycles. The molecule has 0 bridgehead atoms. The van der Waals surface area contributed by atoms with Crippen molar-refractivity contribution >= 4 is 17.3 Å². The number of benzene rings is 2. The second-order valence-electron chi connectivity index (χ2n) is 6.14. The molecule has 0 fully saturated rings. The number of ether oxygens (including phenoxy) is 1. The Bertz CT molecular complexity index is 956. The Morgan fingerprint density at radius 3 is 2.37 bits per heavy atom. The minimum Gasteiger partial charge on any atom is -0.486 e. The zero-order chi connectivity index (χ0) is 19.4. The van der Waals surface area contributed by atoms with Gasteiger partial charge in [-0.2, -0.15) is 0 Å². The maximum absolute atomic E-state index is 12.2. The van der Waals surface area contributed by atoms with Gasteiger partial charge in [-0.05, 0) is 61.4 Å². The van der Waals surface area contributed by atoms with Gasteiger partial charge in [-0.25, -0.2) is 0 Å². The van der Waals surface area contributed by atoms with Crippen molar-refractivity contribution in [3.8, 4) is 5.75 Å². The second-order valence-corrected chi connectivity index (χ2v) is 6.14. The molecule has 3 aromatic rings. The van der Waals surface area contributed by atoms with Crippen LogP contribution in [-0.4, -0.2) is 10.8 Å². The fourth-order valence-corrected chi connectivity index (χ4v) is 2.61. The number of nitro groups is 1. The standard InChI is InChI=1S/C20H18N2O5/c1-13-9-14(2)11-18(10-13)26-12-17-7-8-19(27-17)20(23)21-15-3-5-16(6-4-15)22(24)25/h3-11H,12H2,1-2H3,(H,21,23). The van der Waals surface area contributed by atoms with Crippen LogP contribution in [0, 0.1) is 24.0 Å². The van der Waals surface area contributed by atoms with E-state index >= 15 is 0 Å². The topological polar surface area (TPSA) is 94.6 Å². The number of non-ortho nitro benzene ring substituents is 1. The molecule has 1 aromatic heterocycles. The Morgan fingerprint density at radius 2 is 1.74 bits per heavy atom. The SMILES string of the molecule is Cc1cc(C)cc(OCc2ccc(C(=O)Nc3ccc([N+](=O)[O-])cc3)o2)c1. The van der Waals surface area contributed by atoms with Crippen molar-refractivity contribution in [2.45, 2.75) is 20.5 Å². The predicted octanol–water partition coefficient (Wildman–Crippen LogP) is 4.64. The number of rotatable bonds is 6. The number of hydrogen-bond acceptors (Lipinski definition) is 5. The van der Waals surface area contributed by atoms with Crippen LogP contribution in [0.2, 0.25) is 0 Å². The highest BCUT2D eigenvalue weighted by atomic mass is 16.6. The summed E-state index contributed by atoms with van der Waals surface area (Å²) in [6.07, 6.45) is 0. The van der Waals surface area contributed by atoms with Crippen molar-refractivity contribution in [3.05, 3.63) is 87.4 Å². The quantitative estimate of drug-likeness (QED) is 0.507. The van der Waals surface area contributed by atoms with Crippen LogP contribution >= 0.6 is 0 Å². The van der Waals surface area contributed by atoms with Crippen LogP contribution < -0.4 is 10.1 Å². The predicted molar refractivity (Wildman–Crippen MR) is 100 cm³/mol. The summed E-state index contributed by atoms with van der Waals surface area (Å²) in [5.41, 5.74) is 2.60. The Labute approximate surface area is 155 Å². The summed E-state index contributed by atoms with van der Waals surface area (Å²) in [6, 6.07) is 14.7. The Hall–Kier alpha value is -3.61. The Kier molecular flexibility index (Phi) is 5.21. The molecular formula is C20H18N2O5. The molecule has 138 valence electrons. The number of nitro benzene ring substituents is 1. The van der Waals surface area contributed by atoms with E-state index in [0.717, 1.165) is 16.9 Å². The maximum Gasteiger partial charge on any atom is 0.291 e. The summed E-state index contributed by atoms with van der Waals surface area (Å²) in [6.45, 7) is 4.19. The molecule has 7 heteroatoms. The number of carbonyl (C=O) groups is 1. The van der Waals surface area contributed by atoms with Gasteiger partial charge in [0.25, 0.3) is 11.6 Å². The molecule has 0 atom stereocenters. The molecule has 0 saturated carbocycles. The molecular weight excluding hydrogens is 348 g/mol. The molecule has 1 N–H and O–H groups in total. The number of anilines is 1. The van der Waals surface area contributed by atoms with E-state index in [4.69, 9.17) is 9.15 Å². The van der Waals surface area contributed by atoms with Gasteiger partial charge in [-0.1, -0.05) is 6.07 Å². The molecule has 27 heavy (non-hydrogen) atoms. The largest absolute Gasteiger partial charge is 0.486 e. The van der Waals surface area contributed by atoms with Crippen molar-refractivity contribution in [2.24, 2.45) is 0 Å². The first-order valence-electron chi connectivity index (χ1n) is 8.26. The Balaban J connectivity index is 1.60. The summed E-state index contributed by atoms with van der Waals surface area (Å²) in [4.78, 5) is 22.4. The van der Waals surface area contributed by atoms with E-state index in [1.54, 1.807) is 12.1 Å². The van der Waals surface area contributed by atoms with Gasteiger partial charge in [0, 0.05) is 17.8 Å². The molecule has 3 rings (SSSR count). The minimum absolute atomic E-state index is 0.0446. The van der Waals surface area contributed by atoms with Crippen LogP contribution in [0.25, 0.3) is 0 Å². The number of nitrogens with one attached hydrogen (secondary N) is 1. The van der Waals surface area contributed by atoms with Crippen molar-refractivity contribution in [1.29, 1.82) is 0 Å². The second kappa shape index (κ2) is 7.74. The van der Waals surface area contributed by atoms with Gasteiger partial charge >= 0.3 is 0 Å². The summed E-state index contributed by atoms with van der Waals surface area (Å²) in [5, 5.41) is 13.3. The van der Waals surface area contributed by atoms with E-state index in [2.05, 4.69) is 11.4 Å². The summed E-state index contributed by atoms with van der Waals surface area (Å²) in [7, 11) is 0. The smallest absolute Gasteiger partial charge is 0.291 e. The molecule has 1 amide bonds. The molecule has 7 nitrogen and oxygen atoms in total. The average Bonchev–Trinajstić information content (AvgIpc) is 3.09. The highest BCUT2D eigenvalue weighted by Crippen LogP contribution is 2.20. The Morgan fingerprint density at radius 1 is 1.07 bits per heavy atom. The first kappa shape index (κ1) is 18.2. The van der Waals surface area contributed by atoms with Gasteiger partial charge in [0.15, 0.2) is 5.76 Å². The van der Waals surface area contributed by atoms with Gasteiger partial charge < -0.3 is 14.5 Å². The summed E-state index contributed by atoms with van der Waals surface area (Å²) < 4.78 is 11.2. The van der Waals surface area contributed by atoms with E-state index in [9.17, 15) is 14.9 Å². The zero-order valence-corrected chi connectivity index (χ0v) is 14.9. The number of carbonyl (C=O) groups excluding carboxylic acids is 1. The van der Waals surface area contributed by atoms with Crippen molar-refractivity contribution in [3.63, 3.8) is 0 Å². The van der Waals surface area contributed by atoms with E-state index in [1.165, 1.54) is 24.3 Å². The lowest BCUT2D eigenvalue weighted by Gasteiger charge is -2.06. The van der Waals surface area contributed by atoms with Crippen molar-refractivity contribution in [2.75, 3.05) is 5.32 Å². The lowest BCUT2D eigenvalue weighted by Crippen LogP contribution is -2.10. The molecule has 0 spiro atoms. The average molecular weight is 366 g/mol. The molecule has 0 unspecified atom stereocenters. The fourth-order valence-electron chi connectivity index (χ4n) is 2.61. The lowest BCUT2D eigenvalue weighted by molar-refractivity contribution is -0.384. The number of amides is 1. The maximum atomic E-state index is 12.2. The van der Waals surface area contributed by atoms with E-state index in [1.807, 2.05) is 26.0 Å². The van der Waals surface area contributed by atoms with Gasteiger partial charge in [0.1, 0.15) is 18.1 Å². The third-order valence-electron chi connectivity index (χ3n) is 3.80. The molecule has 0 aliphatic heterocycles. The molecule has 2 aromatic carbocycles. The normalized spacial score (nSPS) is 10.4. The van der Waals surface area contributed by atoms with Gasteiger partial charge in [-0.3, -0.25) is 14.9 Å². The van der Waals surface area contributed by atoms with Crippen LogP contribution in [0.5, 0.6) is 5.75 Å². The summed E-state index contributed by atoms with van der Waals surface area (Å²) >= 11 is 0. The fraction of sp³-hybridized carbons (Fsp3) is 0.150. The van der Waals surface area contributed by atoms with Gasteiger partial charge in [0.05, 0.1) is 4.92 Å². The molecule has 1 heterocycles. The molecule has 0 saturated heterocycles. The van der Waals surface area contributed by atoms with E-state index in [-0.39, 0.29) is 18.1 Å². The monoisotopic (exact) mass is 366 g/mol. The lowest BCUT2D eigenvalue weighted by atomic mass is 10.1. The summed E-state index contributed by atoms with van der Waals surface area (Å²) in [5.74, 6) is 0.942. The number of hydrogen-bond donors (Lipinski definition) is 1. The van der Waals surface area contributed by atoms with Crippen LogP contribution in [0.3, 0.4) is 0 Å². The van der Waals surface area contributed by atoms with Crippen LogP contribution in [0.1, 0.15) is 27.4 Å². The molecule has 0 radical (unpaired) electrons. The van der Waals surface area contributed by atoms with Crippen LogP contribution in [0.15, 0.2) is 59.0 Å². The van der Waals surface area contributed by atoms with Crippen LogP contribution in [0.4, 0.5) is 11.4 Å². The van der Waals surface area contributed by atoms with Gasteiger partial charge in [-0.15, -0.1) is 0 Å². The van der Waals surface area contributed by atoms with Gasteiger partial charge in [0.2, 0.25) is 0 Å².